The Kier molecular flexibility index (Phi) is 3.50. The molecule has 0 aliphatic rings. The monoisotopic (exact) mass is 288 g/mol. The maximum atomic E-state index is 12.9. The first-order valence-corrected chi connectivity index (χ1v) is 4.43. The fourth-order valence-corrected chi connectivity index (χ4v) is 1.18. The molecule has 1 aromatic heterocycles. The summed E-state index contributed by atoms with van der Waals surface area (Å²) in [5.74, 6) is -1.55. The maximum absolute atomic E-state index is 12.9. The van der Waals surface area contributed by atoms with Gasteiger partial charge in [-0.2, -0.15) is 4.39 Å². The minimum absolute atomic E-state index is 0.155. The molecule has 0 radical (unpaired) electrons. The fraction of sp³-hybridized carbons (Fsp3) is 0.286. The summed E-state index contributed by atoms with van der Waals surface area (Å²) in [5, 5.41) is 0. The Balaban J connectivity index is 3.08. The summed E-state index contributed by atoms with van der Waals surface area (Å²) in [5.41, 5.74) is 4.95. The molecule has 0 aliphatic heterocycles. The number of nitrogens with zero attached hydrogens (tertiary/aromatic N) is 1. The number of alkyl halides is 3. The normalized spacial score (nSPS) is 11.6. The zero-order chi connectivity index (χ0) is 11.6. The Hall–Kier alpha value is -0.890. The Bertz CT molecular complexity index is 369. The molecule has 3 nitrogen and oxygen atoms in total. The molecule has 0 atom stereocenters. The zero-order valence-electron chi connectivity index (χ0n) is 7.11. The third-order valence-electron chi connectivity index (χ3n) is 1.42. The first kappa shape index (κ1) is 12.2. The lowest BCUT2D eigenvalue weighted by Crippen LogP contribution is -2.18. The van der Waals surface area contributed by atoms with E-state index in [0.29, 0.717) is 0 Å². The summed E-state index contributed by atoms with van der Waals surface area (Å²) < 4.78 is 51.7. The van der Waals surface area contributed by atoms with E-state index in [9.17, 15) is 17.6 Å². The van der Waals surface area contributed by atoms with Crippen LogP contribution in [0.5, 0.6) is 5.75 Å². The SMILES string of the molecule is NCc1cc(OC(F)(F)F)c(Br)nc1F. The van der Waals surface area contributed by atoms with Gasteiger partial charge in [0, 0.05) is 12.1 Å². The van der Waals surface area contributed by atoms with Crippen LogP contribution in [0.25, 0.3) is 0 Å². The smallest absolute Gasteiger partial charge is 0.403 e. The van der Waals surface area contributed by atoms with E-state index in [2.05, 4.69) is 25.7 Å². The number of aromatic nitrogens is 1. The van der Waals surface area contributed by atoms with Crippen LogP contribution in [0.3, 0.4) is 0 Å². The predicted molar refractivity (Wildman–Crippen MR) is 46.5 cm³/mol. The average Bonchev–Trinajstić information content (AvgIpc) is 2.07. The number of ether oxygens (including phenoxy) is 1. The van der Waals surface area contributed by atoms with Crippen molar-refractivity contribution in [2.75, 3.05) is 0 Å². The first-order chi connectivity index (χ1) is 6.83. The van der Waals surface area contributed by atoms with Gasteiger partial charge in [-0.25, -0.2) is 4.98 Å². The molecule has 84 valence electrons. The topological polar surface area (TPSA) is 48.1 Å². The second kappa shape index (κ2) is 4.31. The van der Waals surface area contributed by atoms with Crippen molar-refractivity contribution in [1.29, 1.82) is 0 Å². The number of nitrogens with two attached hydrogens (primary N) is 1. The number of hydrogen-bond acceptors (Lipinski definition) is 3. The van der Waals surface area contributed by atoms with Gasteiger partial charge in [0.25, 0.3) is 0 Å². The van der Waals surface area contributed by atoms with Gasteiger partial charge in [0.15, 0.2) is 10.4 Å². The Morgan fingerprint density at radius 1 is 1.47 bits per heavy atom. The highest BCUT2D eigenvalue weighted by Crippen LogP contribution is 2.30. The molecule has 1 rings (SSSR count). The van der Waals surface area contributed by atoms with Gasteiger partial charge in [0.1, 0.15) is 0 Å². The highest BCUT2D eigenvalue weighted by molar-refractivity contribution is 9.10. The summed E-state index contributed by atoms with van der Waals surface area (Å²) >= 11 is 2.65. The van der Waals surface area contributed by atoms with Crippen molar-refractivity contribution in [3.8, 4) is 5.75 Å². The molecule has 0 bridgehead atoms. The average molecular weight is 289 g/mol. The van der Waals surface area contributed by atoms with E-state index in [-0.39, 0.29) is 16.7 Å². The summed E-state index contributed by atoms with van der Waals surface area (Å²) in [6.07, 6.45) is -4.85. The fourth-order valence-electron chi connectivity index (χ4n) is 0.830. The third kappa shape index (κ3) is 3.31. The standard InChI is InChI=1S/C7H5BrF4N2O/c8-5-4(15-7(10,11)12)1-3(2-13)6(9)14-5/h1H,2,13H2. The molecule has 2 N–H and O–H groups in total. The van der Waals surface area contributed by atoms with E-state index >= 15 is 0 Å². The van der Waals surface area contributed by atoms with Gasteiger partial charge in [-0.1, -0.05) is 0 Å². The lowest BCUT2D eigenvalue weighted by atomic mass is 10.3. The summed E-state index contributed by atoms with van der Waals surface area (Å²) in [7, 11) is 0. The van der Waals surface area contributed by atoms with Crippen LogP contribution in [0.4, 0.5) is 17.6 Å². The first-order valence-electron chi connectivity index (χ1n) is 3.64. The maximum Gasteiger partial charge on any atom is 0.573 e. The van der Waals surface area contributed by atoms with E-state index in [1.165, 1.54) is 0 Å². The molecule has 1 heterocycles. The Labute approximate surface area is 90.4 Å². The summed E-state index contributed by atoms with van der Waals surface area (Å²) in [6.45, 7) is -0.264. The van der Waals surface area contributed by atoms with Gasteiger partial charge >= 0.3 is 6.36 Å². The van der Waals surface area contributed by atoms with Crippen molar-refractivity contribution in [2.24, 2.45) is 5.73 Å². The van der Waals surface area contributed by atoms with Gasteiger partial charge in [-0.05, 0) is 22.0 Å². The van der Waals surface area contributed by atoms with Gasteiger partial charge in [0.05, 0.1) is 0 Å². The van der Waals surface area contributed by atoms with Crippen molar-refractivity contribution in [2.45, 2.75) is 12.9 Å². The second-order valence-electron chi connectivity index (χ2n) is 2.48. The lowest BCUT2D eigenvalue weighted by molar-refractivity contribution is -0.275. The minimum atomic E-state index is -4.85. The van der Waals surface area contributed by atoms with Crippen molar-refractivity contribution in [3.05, 3.63) is 22.2 Å². The number of pyridine rings is 1. The van der Waals surface area contributed by atoms with Crippen LogP contribution in [-0.4, -0.2) is 11.3 Å². The summed E-state index contributed by atoms with van der Waals surface area (Å²) in [4.78, 5) is 3.17. The molecule has 0 unspecified atom stereocenters. The molecule has 8 heteroatoms. The largest absolute Gasteiger partial charge is 0.573 e. The molecule has 0 aliphatic carbocycles. The van der Waals surface area contributed by atoms with Crippen LogP contribution in [0.2, 0.25) is 0 Å². The van der Waals surface area contributed by atoms with E-state index < -0.39 is 18.1 Å². The highest BCUT2D eigenvalue weighted by Gasteiger charge is 2.32. The quantitative estimate of drug-likeness (QED) is 0.671. The molecule has 0 saturated carbocycles. The second-order valence-corrected chi connectivity index (χ2v) is 3.23. The van der Waals surface area contributed by atoms with Gasteiger partial charge in [-0.3, -0.25) is 0 Å². The minimum Gasteiger partial charge on any atom is -0.403 e. The van der Waals surface area contributed by atoms with E-state index in [4.69, 9.17) is 5.73 Å². The van der Waals surface area contributed by atoms with Crippen molar-refractivity contribution in [1.82, 2.24) is 4.98 Å². The van der Waals surface area contributed by atoms with Crippen LogP contribution in [0.1, 0.15) is 5.56 Å². The number of rotatable bonds is 2. The molecule has 0 aromatic carbocycles. The molecule has 0 fully saturated rings. The van der Waals surface area contributed by atoms with Crippen LogP contribution in [-0.2, 0) is 6.54 Å². The molecule has 15 heavy (non-hydrogen) atoms. The molecule has 0 amide bonds. The van der Waals surface area contributed by atoms with Crippen molar-refractivity contribution >= 4 is 15.9 Å². The van der Waals surface area contributed by atoms with Crippen LogP contribution < -0.4 is 10.5 Å². The van der Waals surface area contributed by atoms with Crippen LogP contribution in [0.15, 0.2) is 10.7 Å². The molecular weight excluding hydrogens is 284 g/mol. The third-order valence-corrected chi connectivity index (χ3v) is 1.98. The van der Waals surface area contributed by atoms with Crippen LogP contribution in [0, 0.1) is 5.95 Å². The molecule has 0 saturated heterocycles. The Morgan fingerprint density at radius 2 is 2.07 bits per heavy atom. The Morgan fingerprint density at radius 3 is 2.53 bits per heavy atom. The zero-order valence-corrected chi connectivity index (χ0v) is 8.69. The molecule has 0 spiro atoms. The van der Waals surface area contributed by atoms with Crippen molar-refractivity contribution < 1.29 is 22.3 Å². The van der Waals surface area contributed by atoms with E-state index in [1.807, 2.05) is 0 Å². The van der Waals surface area contributed by atoms with E-state index in [1.54, 1.807) is 0 Å². The van der Waals surface area contributed by atoms with Gasteiger partial charge < -0.3 is 10.5 Å². The number of halogens is 5. The highest BCUT2D eigenvalue weighted by atomic mass is 79.9. The lowest BCUT2D eigenvalue weighted by Gasteiger charge is -2.11. The number of hydrogen-bond donors (Lipinski definition) is 1. The summed E-state index contributed by atoms with van der Waals surface area (Å²) in [6, 6.07) is 0.847. The van der Waals surface area contributed by atoms with Crippen molar-refractivity contribution in [3.63, 3.8) is 0 Å². The molecule has 1 aromatic rings. The van der Waals surface area contributed by atoms with Gasteiger partial charge in [0.2, 0.25) is 5.95 Å². The van der Waals surface area contributed by atoms with E-state index in [0.717, 1.165) is 6.07 Å². The van der Waals surface area contributed by atoms with Crippen LogP contribution >= 0.6 is 15.9 Å². The van der Waals surface area contributed by atoms with Gasteiger partial charge in [-0.15, -0.1) is 13.2 Å². The molecular formula is C7H5BrF4N2O. The predicted octanol–water partition coefficient (Wildman–Crippen LogP) is 2.34.